The zero-order valence-electron chi connectivity index (χ0n) is 6.78. The molecule has 0 aromatic heterocycles. The normalized spacial score (nSPS) is 9.83. The lowest BCUT2D eigenvalue weighted by molar-refractivity contribution is -0.113. The minimum absolute atomic E-state index is 0.222. The van der Waals surface area contributed by atoms with Crippen molar-refractivity contribution < 1.29 is 9.90 Å². The van der Waals surface area contributed by atoms with Gasteiger partial charge >= 0.3 is 0 Å². The predicted molar refractivity (Wildman–Crippen MR) is 49.1 cm³/mol. The highest BCUT2D eigenvalue weighted by molar-refractivity contribution is 8.13. The highest BCUT2D eigenvalue weighted by Crippen LogP contribution is 2.18. The summed E-state index contributed by atoms with van der Waals surface area (Å²) in [5, 5.41) is 8.27. The molecule has 0 aliphatic carbocycles. The number of hydrogen-bond acceptors (Lipinski definition) is 3. The molecule has 0 heterocycles. The Balaban J connectivity index is 2.69. The van der Waals surface area contributed by atoms with Gasteiger partial charge in [-0.15, -0.1) is 0 Å². The van der Waals surface area contributed by atoms with Crippen molar-refractivity contribution in [3.05, 3.63) is 29.8 Å². The standard InChI is InChI=1S/C9H10O2S/c1-7-3-2-4-8(5-7)12-9(11)6-10/h2-5,10H,6H2,1H3. The van der Waals surface area contributed by atoms with E-state index in [-0.39, 0.29) is 5.12 Å². The molecule has 2 nitrogen and oxygen atoms in total. The predicted octanol–water partition coefficient (Wildman–Crippen LogP) is 1.61. The zero-order valence-corrected chi connectivity index (χ0v) is 7.60. The SMILES string of the molecule is Cc1cccc(SC(=O)CO)c1. The first-order chi connectivity index (χ1) is 5.72. The van der Waals surface area contributed by atoms with Gasteiger partial charge in [-0.05, 0) is 30.8 Å². The number of carbonyl (C=O) groups is 1. The van der Waals surface area contributed by atoms with Crippen molar-refractivity contribution in [1.29, 1.82) is 0 Å². The molecular formula is C9H10O2S. The summed E-state index contributed by atoms with van der Waals surface area (Å²) in [5.41, 5.74) is 1.12. The van der Waals surface area contributed by atoms with Crippen LogP contribution in [-0.4, -0.2) is 16.8 Å². The van der Waals surface area contributed by atoms with Gasteiger partial charge in [0, 0.05) is 4.90 Å². The summed E-state index contributed by atoms with van der Waals surface area (Å²) in [6, 6.07) is 7.62. The van der Waals surface area contributed by atoms with Crippen molar-refractivity contribution in [3.8, 4) is 0 Å². The molecule has 0 unspecified atom stereocenters. The van der Waals surface area contributed by atoms with Crippen molar-refractivity contribution in [2.75, 3.05) is 6.61 Å². The third-order valence-corrected chi connectivity index (χ3v) is 2.20. The lowest BCUT2D eigenvalue weighted by Gasteiger charge is -1.98. The summed E-state index contributed by atoms with van der Waals surface area (Å²) in [7, 11) is 0. The van der Waals surface area contributed by atoms with Gasteiger partial charge in [0.1, 0.15) is 6.61 Å². The van der Waals surface area contributed by atoms with Crippen LogP contribution in [0.3, 0.4) is 0 Å². The zero-order chi connectivity index (χ0) is 8.97. The second kappa shape index (κ2) is 4.28. The molecule has 3 heteroatoms. The van der Waals surface area contributed by atoms with Crippen molar-refractivity contribution in [2.24, 2.45) is 0 Å². The molecule has 64 valence electrons. The minimum atomic E-state index is -0.404. The monoisotopic (exact) mass is 182 g/mol. The van der Waals surface area contributed by atoms with Crippen LogP contribution >= 0.6 is 11.8 Å². The van der Waals surface area contributed by atoms with Gasteiger partial charge in [0.25, 0.3) is 0 Å². The van der Waals surface area contributed by atoms with E-state index in [0.717, 1.165) is 22.2 Å². The quantitative estimate of drug-likeness (QED) is 0.706. The topological polar surface area (TPSA) is 37.3 Å². The fourth-order valence-corrected chi connectivity index (χ4v) is 1.56. The third-order valence-electron chi connectivity index (χ3n) is 1.35. The molecule has 1 N–H and O–H groups in total. The van der Waals surface area contributed by atoms with E-state index >= 15 is 0 Å². The number of benzene rings is 1. The number of aliphatic hydroxyl groups is 1. The molecule has 0 aliphatic rings. The number of aryl methyl sites for hydroxylation is 1. The van der Waals surface area contributed by atoms with Crippen molar-refractivity contribution in [3.63, 3.8) is 0 Å². The number of rotatable bonds is 2. The number of thioether (sulfide) groups is 1. The van der Waals surface area contributed by atoms with E-state index < -0.39 is 6.61 Å². The van der Waals surface area contributed by atoms with Crippen LogP contribution in [0.15, 0.2) is 29.2 Å². The Morgan fingerprint density at radius 3 is 2.92 bits per heavy atom. The summed E-state index contributed by atoms with van der Waals surface area (Å²) >= 11 is 1.07. The summed E-state index contributed by atoms with van der Waals surface area (Å²) < 4.78 is 0. The molecule has 0 spiro atoms. The van der Waals surface area contributed by atoms with Crippen LogP contribution in [0.2, 0.25) is 0 Å². The van der Waals surface area contributed by atoms with Crippen LogP contribution in [-0.2, 0) is 4.79 Å². The van der Waals surface area contributed by atoms with Gasteiger partial charge < -0.3 is 5.11 Å². The van der Waals surface area contributed by atoms with Crippen LogP contribution in [0, 0.1) is 6.92 Å². The largest absolute Gasteiger partial charge is 0.388 e. The molecular weight excluding hydrogens is 172 g/mol. The number of hydrogen-bond donors (Lipinski definition) is 1. The Morgan fingerprint density at radius 2 is 2.33 bits per heavy atom. The Morgan fingerprint density at radius 1 is 1.58 bits per heavy atom. The van der Waals surface area contributed by atoms with E-state index in [9.17, 15) is 4.79 Å². The van der Waals surface area contributed by atoms with Gasteiger partial charge in [-0.25, -0.2) is 0 Å². The second-order valence-corrected chi connectivity index (χ2v) is 3.58. The fraction of sp³-hybridized carbons (Fsp3) is 0.222. The van der Waals surface area contributed by atoms with Crippen LogP contribution < -0.4 is 0 Å². The van der Waals surface area contributed by atoms with Crippen LogP contribution in [0.25, 0.3) is 0 Å². The van der Waals surface area contributed by atoms with E-state index in [0.29, 0.717) is 0 Å². The van der Waals surface area contributed by atoms with Crippen LogP contribution in [0.4, 0.5) is 0 Å². The molecule has 12 heavy (non-hydrogen) atoms. The summed E-state index contributed by atoms with van der Waals surface area (Å²) in [6.07, 6.45) is 0. The highest BCUT2D eigenvalue weighted by atomic mass is 32.2. The van der Waals surface area contributed by atoms with Gasteiger partial charge in [-0.1, -0.05) is 17.7 Å². The van der Waals surface area contributed by atoms with E-state index in [1.807, 2.05) is 31.2 Å². The van der Waals surface area contributed by atoms with E-state index in [2.05, 4.69) is 0 Å². The fourth-order valence-electron chi connectivity index (χ4n) is 0.843. The molecule has 0 saturated carbocycles. The Kier molecular flexibility index (Phi) is 3.31. The first-order valence-corrected chi connectivity index (χ1v) is 4.42. The maximum absolute atomic E-state index is 10.8. The van der Waals surface area contributed by atoms with E-state index in [4.69, 9.17) is 5.11 Å². The number of carbonyl (C=O) groups excluding carboxylic acids is 1. The summed E-state index contributed by atoms with van der Waals surface area (Å²) in [5.74, 6) is 0. The Labute approximate surface area is 75.6 Å². The Hall–Kier alpha value is -0.800. The van der Waals surface area contributed by atoms with Gasteiger partial charge in [-0.2, -0.15) is 0 Å². The molecule has 0 saturated heterocycles. The van der Waals surface area contributed by atoms with Gasteiger partial charge in [-0.3, -0.25) is 4.79 Å². The van der Waals surface area contributed by atoms with Gasteiger partial charge in [0.2, 0.25) is 5.12 Å². The average Bonchev–Trinajstić information content (AvgIpc) is 2.04. The molecule has 0 amide bonds. The van der Waals surface area contributed by atoms with Gasteiger partial charge in [0.15, 0.2) is 0 Å². The molecule has 0 radical (unpaired) electrons. The van der Waals surface area contributed by atoms with E-state index in [1.165, 1.54) is 0 Å². The summed E-state index contributed by atoms with van der Waals surface area (Å²) in [6.45, 7) is 1.56. The van der Waals surface area contributed by atoms with Crippen LogP contribution in [0.1, 0.15) is 5.56 Å². The molecule has 0 fully saturated rings. The average molecular weight is 182 g/mol. The third kappa shape index (κ3) is 2.68. The van der Waals surface area contributed by atoms with Crippen LogP contribution in [0.5, 0.6) is 0 Å². The first-order valence-electron chi connectivity index (χ1n) is 3.60. The van der Waals surface area contributed by atoms with E-state index in [1.54, 1.807) is 0 Å². The first kappa shape index (κ1) is 9.29. The van der Waals surface area contributed by atoms with Gasteiger partial charge in [0.05, 0.1) is 0 Å². The Bertz CT molecular complexity index is 284. The molecule has 0 atom stereocenters. The highest BCUT2D eigenvalue weighted by Gasteiger charge is 2.01. The molecule has 1 rings (SSSR count). The maximum Gasteiger partial charge on any atom is 0.219 e. The lowest BCUT2D eigenvalue weighted by Crippen LogP contribution is -1.96. The molecule has 1 aromatic rings. The summed E-state index contributed by atoms with van der Waals surface area (Å²) in [4.78, 5) is 11.7. The van der Waals surface area contributed by atoms with Crippen molar-refractivity contribution in [2.45, 2.75) is 11.8 Å². The smallest absolute Gasteiger partial charge is 0.219 e. The number of aliphatic hydroxyl groups excluding tert-OH is 1. The minimum Gasteiger partial charge on any atom is -0.388 e. The second-order valence-electron chi connectivity index (χ2n) is 2.45. The van der Waals surface area contributed by atoms with Crippen molar-refractivity contribution >= 4 is 16.9 Å². The molecule has 0 aliphatic heterocycles. The maximum atomic E-state index is 10.8. The molecule has 1 aromatic carbocycles. The molecule has 0 bridgehead atoms. The lowest BCUT2D eigenvalue weighted by atomic mass is 10.2. The van der Waals surface area contributed by atoms with Crippen molar-refractivity contribution in [1.82, 2.24) is 0 Å².